The van der Waals surface area contributed by atoms with Crippen LogP contribution in [0.25, 0.3) is 0 Å². The van der Waals surface area contributed by atoms with Crippen LogP contribution < -0.4 is 0 Å². The van der Waals surface area contributed by atoms with Gasteiger partial charge in [0.2, 0.25) is 0 Å². The van der Waals surface area contributed by atoms with Gasteiger partial charge >= 0.3 is 0 Å². The lowest BCUT2D eigenvalue weighted by Crippen LogP contribution is -2.03. The third kappa shape index (κ3) is 1.64. The normalized spacial score (nSPS) is 24.6. The van der Waals surface area contributed by atoms with Crippen LogP contribution in [0.15, 0.2) is 23.3 Å². The monoisotopic (exact) mass is 166 g/mol. The third-order valence-electron chi connectivity index (χ3n) is 2.25. The van der Waals surface area contributed by atoms with E-state index in [-0.39, 0.29) is 12.2 Å². The number of aliphatic hydroxyl groups is 1. The molecule has 0 fully saturated rings. The summed E-state index contributed by atoms with van der Waals surface area (Å²) in [5.41, 5.74) is 1.64. The Morgan fingerprint density at radius 1 is 1.67 bits per heavy atom. The van der Waals surface area contributed by atoms with Gasteiger partial charge in [-0.25, -0.2) is 0 Å². The molecule has 0 radical (unpaired) electrons. The lowest BCUT2D eigenvalue weighted by Gasteiger charge is -1.99. The van der Waals surface area contributed by atoms with Crippen molar-refractivity contribution in [3.8, 4) is 0 Å². The molecular weight excluding hydrogens is 152 g/mol. The van der Waals surface area contributed by atoms with Crippen molar-refractivity contribution < 1.29 is 9.90 Å². The highest BCUT2D eigenvalue weighted by molar-refractivity contribution is 5.99. The van der Waals surface area contributed by atoms with Crippen LogP contribution in [0.3, 0.4) is 0 Å². The summed E-state index contributed by atoms with van der Waals surface area (Å²) in [5, 5.41) is 9.34. The van der Waals surface area contributed by atoms with Gasteiger partial charge in [0.25, 0.3) is 0 Å². The summed E-state index contributed by atoms with van der Waals surface area (Å²) in [6, 6.07) is 0. The van der Waals surface area contributed by atoms with Gasteiger partial charge < -0.3 is 5.11 Å². The van der Waals surface area contributed by atoms with Gasteiger partial charge in [0.1, 0.15) is 0 Å². The smallest absolute Gasteiger partial charge is 0.162 e. The van der Waals surface area contributed by atoms with Gasteiger partial charge in [-0.15, -0.1) is 0 Å². The molecule has 0 aromatic heterocycles. The highest BCUT2D eigenvalue weighted by atomic mass is 16.3. The minimum Gasteiger partial charge on any atom is -0.388 e. The molecule has 0 bridgehead atoms. The van der Waals surface area contributed by atoms with E-state index in [0.29, 0.717) is 6.42 Å². The van der Waals surface area contributed by atoms with Gasteiger partial charge in [0.05, 0.1) is 6.10 Å². The fraction of sp³-hybridized carbons (Fsp3) is 0.500. The van der Waals surface area contributed by atoms with E-state index in [0.717, 1.165) is 11.1 Å². The molecule has 0 saturated heterocycles. The highest BCUT2D eigenvalue weighted by Gasteiger charge is 2.26. The first-order valence-corrected chi connectivity index (χ1v) is 4.19. The van der Waals surface area contributed by atoms with Crippen LogP contribution >= 0.6 is 0 Å². The fourth-order valence-electron chi connectivity index (χ4n) is 1.38. The summed E-state index contributed by atoms with van der Waals surface area (Å²) in [6.45, 7) is 3.75. The molecule has 0 amide bonds. The van der Waals surface area contributed by atoms with E-state index in [9.17, 15) is 9.90 Å². The Hall–Kier alpha value is -0.890. The number of carbonyl (C=O) groups is 1. The zero-order chi connectivity index (χ0) is 9.14. The Labute approximate surface area is 72.6 Å². The second kappa shape index (κ2) is 3.68. The SMILES string of the molecule is C/C=C/CC1=C(C)C(O)CC1=O. The lowest BCUT2D eigenvalue weighted by molar-refractivity contribution is -0.115. The zero-order valence-electron chi connectivity index (χ0n) is 7.50. The molecule has 0 aliphatic heterocycles. The molecule has 1 unspecified atom stereocenters. The van der Waals surface area contributed by atoms with E-state index < -0.39 is 6.10 Å². The van der Waals surface area contributed by atoms with Crippen LogP contribution in [0.2, 0.25) is 0 Å². The molecule has 1 aliphatic rings. The summed E-state index contributed by atoms with van der Waals surface area (Å²) < 4.78 is 0. The molecule has 66 valence electrons. The largest absolute Gasteiger partial charge is 0.388 e. The van der Waals surface area contributed by atoms with Gasteiger partial charge in [-0.2, -0.15) is 0 Å². The maximum absolute atomic E-state index is 11.2. The van der Waals surface area contributed by atoms with E-state index in [1.807, 2.05) is 26.0 Å². The van der Waals surface area contributed by atoms with E-state index in [1.54, 1.807) is 0 Å². The molecule has 1 rings (SSSR count). The van der Waals surface area contributed by atoms with Crippen molar-refractivity contribution in [2.75, 3.05) is 0 Å². The molecular formula is C10H14O2. The Morgan fingerprint density at radius 2 is 2.33 bits per heavy atom. The lowest BCUT2D eigenvalue weighted by atomic mass is 10.1. The number of hydrogen-bond donors (Lipinski definition) is 1. The molecule has 12 heavy (non-hydrogen) atoms. The first kappa shape index (κ1) is 9.20. The number of hydrogen-bond acceptors (Lipinski definition) is 2. The Morgan fingerprint density at radius 3 is 2.75 bits per heavy atom. The minimum atomic E-state index is -0.530. The number of aliphatic hydroxyl groups excluding tert-OH is 1. The predicted molar refractivity (Wildman–Crippen MR) is 47.8 cm³/mol. The van der Waals surface area contributed by atoms with E-state index in [4.69, 9.17) is 0 Å². The molecule has 1 N–H and O–H groups in total. The number of rotatable bonds is 2. The van der Waals surface area contributed by atoms with Crippen molar-refractivity contribution in [3.05, 3.63) is 23.3 Å². The molecule has 0 spiro atoms. The van der Waals surface area contributed by atoms with E-state index >= 15 is 0 Å². The zero-order valence-corrected chi connectivity index (χ0v) is 7.50. The van der Waals surface area contributed by atoms with Crippen LogP contribution in [0.5, 0.6) is 0 Å². The van der Waals surface area contributed by atoms with Crippen molar-refractivity contribution in [1.29, 1.82) is 0 Å². The number of allylic oxidation sites excluding steroid dienone is 3. The Bertz CT molecular complexity index is 249. The maximum Gasteiger partial charge on any atom is 0.162 e. The molecule has 0 heterocycles. The van der Waals surface area contributed by atoms with Gasteiger partial charge in [-0.3, -0.25) is 4.79 Å². The first-order valence-electron chi connectivity index (χ1n) is 4.19. The molecule has 2 heteroatoms. The van der Waals surface area contributed by atoms with Crippen molar-refractivity contribution in [2.45, 2.75) is 32.8 Å². The molecule has 0 aromatic rings. The Balaban J connectivity index is 2.78. The van der Waals surface area contributed by atoms with Gasteiger partial charge in [-0.1, -0.05) is 12.2 Å². The average Bonchev–Trinajstić information content (AvgIpc) is 2.25. The molecule has 0 aromatic carbocycles. The van der Waals surface area contributed by atoms with E-state index in [2.05, 4.69) is 0 Å². The highest BCUT2D eigenvalue weighted by Crippen LogP contribution is 2.25. The fourth-order valence-corrected chi connectivity index (χ4v) is 1.38. The topological polar surface area (TPSA) is 37.3 Å². The summed E-state index contributed by atoms with van der Waals surface area (Å²) in [7, 11) is 0. The van der Waals surface area contributed by atoms with Crippen LogP contribution in [0, 0.1) is 0 Å². The van der Waals surface area contributed by atoms with Crippen molar-refractivity contribution in [1.82, 2.24) is 0 Å². The number of Topliss-reactive ketones (excluding diaryl/α,β-unsaturated/α-hetero) is 1. The summed E-state index contributed by atoms with van der Waals surface area (Å²) in [6.07, 6.45) is 4.27. The Kier molecular flexibility index (Phi) is 2.82. The van der Waals surface area contributed by atoms with Crippen molar-refractivity contribution in [3.63, 3.8) is 0 Å². The maximum atomic E-state index is 11.2. The van der Waals surface area contributed by atoms with Gasteiger partial charge in [0.15, 0.2) is 5.78 Å². The van der Waals surface area contributed by atoms with Crippen molar-refractivity contribution in [2.24, 2.45) is 0 Å². The standard InChI is InChI=1S/C10H14O2/c1-3-4-5-8-7(2)9(11)6-10(8)12/h3-4,9,11H,5-6H2,1-2H3/b4-3+. The molecule has 2 nitrogen and oxygen atoms in total. The van der Waals surface area contributed by atoms with Crippen LogP contribution in [-0.2, 0) is 4.79 Å². The second-order valence-corrected chi connectivity index (χ2v) is 3.08. The van der Waals surface area contributed by atoms with Crippen molar-refractivity contribution >= 4 is 5.78 Å². The van der Waals surface area contributed by atoms with E-state index in [1.165, 1.54) is 0 Å². The third-order valence-corrected chi connectivity index (χ3v) is 2.25. The van der Waals surface area contributed by atoms with Crippen LogP contribution in [0.1, 0.15) is 26.7 Å². The predicted octanol–water partition coefficient (Wildman–Crippen LogP) is 1.60. The summed E-state index contributed by atoms with van der Waals surface area (Å²) in [5.74, 6) is 0.0955. The number of ketones is 1. The summed E-state index contributed by atoms with van der Waals surface area (Å²) in [4.78, 5) is 11.2. The van der Waals surface area contributed by atoms with Gasteiger partial charge in [-0.05, 0) is 25.8 Å². The quantitative estimate of drug-likeness (QED) is 0.633. The molecule has 1 aliphatic carbocycles. The van der Waals surface area contributed by atoms with Crippen LogP contribution in [0.4, 0.5) is 0 Å². The second-order valence-electron chi connectivity index (χ2n) is 3.08. The minimum absolute atomic E-state index is 0.0955. The van der Waals surface area contributed by atoms with Crippen LogP contribution in [-0.4, -0.2) is 17.0 Å². The number of carbonyl (C=O) groups excluding carboxylic acids is 1. The summed E-state index contributed by atoms with van der Waals surface area (Å²) >= 11 is 0. The van der Waals surface area contributed by atoms with Gasteiger partial charge in [0, 0.05) is 12.0 Å². The first-order chi connectivity index (χ1) is 5.66. The molecule has 0 saturated carbocycles. The molecule has 1 atom stereocenters. The average molecular weight is 166 g/mol.